The lowest BCUT2D eigenvalue weighted by Crippen LogP contribution is -2.08. The maximum absolute atomic E-state index is 11.5. The van der Waals surface area contributed by atoms with Crippen molar-refractivity contribution in [3.8, 4) is 0 Å². The van der Waals surface area contributed by atoms with Gasteiger partial charge in [0.1, 0.15) is 0 Å². The standard InChI is InChI=1S/C10H14N4O2S/c15-10(7-8-2-5-17-6-3-8)16-4-1-9-11-13-14-12-9/h7H,1-6H2,(H,11,12,13,14). The molecule has 6 nitrogen and oxygen atoms in total. The normalized spacial score (nSPS) is 15.6. The van der Waals surface area contributed by atoms with E-state index in [0.29, 0.717) is 12.2 Å². The van der Waals surface area contributed by atoms with Crippen LogP contribution in [0.3, 0.4) is 0 Å². The summed E-state index contributed by atoms with van der Waals surface area (Å²) in [4.78, 5) is 11.5. The van der Waals surface area contributed by atoms with E-state index in [2.05, 4.69) is 20.6 Å². The summed E-state index contributed by atoms with van der Waals surface area (Å²) in [7, 11) is 0. The summed E-state index contributed by atoms with van der Waals surface area (Å²) >= 11 is 1.92. The molecule has 1 fully saturated rings. The number of hydrogen-bond acceptors (Lipinski definition) is 6. The van der Waals surface area contributed by atoms with Crippen LogP contribution in [-0.4, -0.2) is 44.7 Å². The molecule has 0 bridgehead atoms. The Labute approximate surface area is 103 Å². The van der Waals surface area contributed by atoms with Gasteiger partial charge >= 0.3 is 5.97 Å². The fraction of sp³-hybridized carbons (Fsp3) is 0.600. The second-order valence-electron chi connectivity index (χ2n) is 3.66. The van der Waals surface area contributed by atoms with Crippen LogP contribution in [0.1, 0.15) is 18.7 Å². The lowest BCUT2D eigenvalue weighted by atomic mass is 10.1. The number of nitrogens with zero attached hydrogens (tertiary/aromatic N) is 3. The number of hydrogen-bond donors (Lipinski definition) is 1. The van der Waals surface area contributed by atoms with Gasteiger partial charge in [-0.25, -0.2) is 4.79 Å². The zero-order valence-corrected chi connectivity index (χ0v) is 10.2. The van der Waals surface area contributed by atoms with Crippen molar-refractivity contribution in [2.24, 2.45) is 0 Å². The third kappa shape index (κ3) is 4.18. The first-order valence-electron chi connectivity index (χ1n) is 5.51. The molecule has 1 N–H and O–H groups in total. The van der Waals surface area contributed by atoms with Gasteiger partial charge in [-0.15, -0.1) is 10.2 Å². The summed E-state index contributed by atoms with van der Waals surface area (Å²) in [6, 6.07) is 0. The highest BCUT2D eigenvalue weighted by Gasteiger charge is 2.08. The van der Waals surface area contributed by atoms with Crippen molar-refractivity contribution in [3.05, 3.63) is 17.5 Å². The third-order valence-electron chi connectivity index (χ3n) is 2.42. The van der Waals surface area contributed by atoms with E-state index in [4.69, 9.17) is 4.74 Å². The van der Waals surface area contributed by atoms with Crippen molar-refractivity contribution >= 4 is 17.7 Å². The number of carbonyl (C=O) groups excluding carboxylic acids is 1. The molecule has 1 aromatic rings. The van der Waals surface area contributed by atoms with Gasteiger partial charge < -0.3 is 4.74 Å². The number of aromatic nitrogens is 4. The molecule has 17 heavy (non-hydrogen) atoms. The molecule has 1 saturated heterocycles. The molecule has 7 heteroatoms. The van der Waals surface area contributed by atoms with E-state index < -0.39 is 0 Å². The van der Waals surface area contributed by atoms with Crippen molar-refractivity contribution < 1.29 is 9.53 Å². The first kappa shape index (κ1) is 12.1. The highest BCUT2D eigenvalue weighted by molar-refractivity contribution is 7.99. The lowest BCUT2D eigenvalue weighted by Gasteiger charge is -2.12. The number of aromatic amines is 1. The Bertz CT molecular complexity index is 383. The highest BCUT2D eigenvalue weighted by atomic mass is 32.2. The van der Waals surface area contributed by atoms with Crippen molar-refractivity contribution in [1.29, 1.82) is 0 Å². The van der Waals surface area contributed by atoms with Gasteiger partial charge in [0.15, 0.2) is 5.82 Å². The van der Waals surface area contributed by atoms with Crippen molar-refractivity contribution in [3.63, 3.8) is 0 Å². The molecule has 92 valence electrons. The zero-order chi connectivity index (χ0) is 11.9. The molecule has 0 spiro atoms. The van der Waals surface area contributed by atoms with Gasteiger partial charge in [0.05, 0.1) is 6.61 Å². The number of allylic oxidation sites excluding steroid dienone is 1. The number of thioether (sulfide) groups is 1. The average molecular weight is 254 g/mol. The Morgan fingerprint density at radius 1 is 1.47 bits per heavy atom. The predicted octanol–water partition coefficient (Wildman–Crippen LogP) is 0.739. The molecular formula is C10H14N4O2S. The van der Waals surface area contributed by atoms with E-state index in [1.807, 2.05) is 11.8 Å². The summed E-state index contributed by atoms with van der Waals surface area (Å²) in [5, 5.41) is 13.3. The zero-order valence-electron chi connectivity index (χ0n) is 9.39. The minimum absolute atomic E-state index is 0.268. The SMILES string of the molecule is O=C(C=C1CCSCC1)OCCc1nn[nH]n1. The van der Waals surface area contributed by atoms with E-state index in [1.165, 1.54) is 5.57 Å². The monoisotopic (exact) mass is 254 g/mol. The number of ether oxygens (including phenoxy) is 1. The van der Waals surface area contributed by atoms with E-state index >= 15 is 0 Å². The van der Waals surface area contributed by atoms with Crippen molar-refractivity contribution in [1.82, 2.24) is 20.6 Å². The molecule has 0 amide bonds. The molecule has 1 aliphatic rings. The maximum Gasteiger partial charge on any atom is 0.330 e. The Morgan fingerprint density at radius 2 is 2.29 bits per heavy atom. The van der Waals surface area contributed by atoms with Crippen LogP contribution >= 0.6 is 11.8 Å². The summed E-state index contributed by atoms with van der Waals surface area (Å²) < 4.78 is 5.07. The molecule has 0 aliphatic carbocycles. The van der Waals surface area contributed by atoms with Gasteiger partial charge in [0, 0.05) is 12.5 Å². The van der Waals surface area contributed by atoms with E-state index in [1.54, 1.807) is 6.08 Å². The topological polar surface area (TPSA) is 80.8 Å². The van der Waals surface area contributed by atoms with Crippen LogP contribution in [0.5, 0.6) is 0 Å². The Morgan fingerprint density at radius 3 is 3.00 bits per heavy atom. The molecule has 1 aliphatic heterocycles. The van der Waals surface area contributed by atoms with Crippen LogP contribution in [0.25, 0.3) is 0 Å². The summed E-state index contributed by atoms with van der Waals surface area (Å²) in [5.41, 5.74) is 1.19. The molecule has 0 unspecified atom stereocenters. The van der Waals surface area contributed by atoms with Crippen LogP contribution in [-0.2, 0) is 16.0 Å². The number of esters is 1. The fourth-order valence-corrected chi connectivity index (χ4v) is 2.53. The van der Waals surface area contributed by atoms with Gasteiger partial charge in [0.25, 0.3) is 0 Å². The third-order valence-corrected chi connectivity index (χ3v) is 3.40. The van der Waals surface area contributed by atoms with Crippen LogP contribution in [0.2, 0.25) is 0 Å². The van der Waals surface area contributed by atoms with Crippen molar-refractivity contribution in [2.45, 2.75) is 19.3 Å². The largest absolute Gasteiger partial charge is 0.462 e. The Balaban J connectivity index is 1.70. The number of H-pyrrole nitrogens is 1. The Hall–Kier alpha value is -1.37. The molecule has 0 atom stereocenters. The minimum Gasteiger partial charge on any atom is -0.462 e. The smallest absolute Gasteiger partial charge is 0.330 e. The molecular weight excluding hydrogens is 240 g/mol. The number of rotatable bonds is 4. The predicted molar refractivity (Wildman–Crippen MR) is 63.5 cm³/mol. The van der Waals surface area contributed by atoms with Gasteiger partial charge in [-0.2, -0.15) is 17.0 Å². The van der Waals surface area contributed by atoms with E-state index in [0.717, 1.165) is 24.3 Å². The fourth-order valence-electron chi connectivity index (χ4n) is 1.52. The lowest BCUT2D eigenvalue weighted by molar-refractivity contribution is -0.137. The molecule has 2 rings (SSSR count). The van der Waals surface area contributed by atoms with Gasteiger partial charge in [-0.1, -0.05) is 10.8 Å². The molecule has 0 radical (unpaired) electrons. The number of nitrogens with one attached hydrogen (secondary N) is 1. The second kappa shape index (κ2) is 6.39. The summed E-state index contributed by atoms with van der Waals surface area (Å²) in [5.74, 6) is 2.49. The summed E-state index contributed by atoms with van der Waals surface area (Å²) in [6.45, 7) is 0.289. The van der Waals surface area contributed by atoms with E-state index in [9.17, 15) is 4.79 Å². The van der Waals surface area contributed by atoms with Crippen LogP contribution < -0.4 is 0 Å². The van der Waals surface area contributed by atoms with Crippen LogP contribution in [0, 0.1) is 0 Å². The first-order chi connectivity index (χ1) is 8.34. The van der Waals surface area contributed by atoms with Crippen molar-refractivity contribution in [2.75, 3.05) is 18.1 Å². The maximum atomic E-state index is 11.5. The number of carbonyl (C=O) groups is 1. The van der Waals surface area contributed by atoms with Gasteiger partial charge in [0.2, 0.25) is 0 Å². The first-order valence-corrected chi connectivity index (χ1v) is 6.66. The average Bonchev–Trinajstić information content (AvgIpc) is 2.83. The second-order valence-corrected chi connectivity index (χ2v) is 4.89. The van der Waals surface area contributed by atoms with E-state index in [-0.39, 0.29) is 12.6 Å². The molecule has 1 aromatic heterocycles. The Kier molecular flexibility index (Phi) is 4.54. The molecule has 2 heterocycles. The van der Waals surface area contributed by atoms with Crippen LogP contribution in [0.4, 0.5) is 0 Å². The highest BCUT2D eigenvalue weighted by Crippen LogP contribution is 2.21. The van der Waals surface area contributed by atoms with Gasteiger partial charge in [-0.05, 0) is 24.3 Å². The van der Waals surface area contributed by atoms with Gasteiger partial charge in [-0.3, -0.25) is 0 Å². The quantitative estimate of drug-likeness (QED) is 0.630. The number of tetrazole rings is 1. The summed E-state index contributed by atoms with van der Waals surface area (Å²) in [6.07, 6.45) is 4.09. The molecule has 0 saturated carbocycles. The van der Waals surface area contributed by atoms with Crippen LogP contribution in [0.15, 0.2) is 11.6 Å². The minimum atomic E-state index is -0.268. The molecule has 0 aromatic carbocycles.